The highest BCUT2D eigenvalue weighted by Crippen LogP contribution is 2.27. The highest BCUT2D eigenvalue weighted by Gasteiger charge is 2.18. The summed E-state index contributed by atoms with van der Waals surface area (Å²) in [6.45, 7) is 3.99. The van der Waals surface area contributed by atoms with Crippen molar-refractivity contribution < 1.29 is 9.90 Å². The van der Waals surface area contributed by atoms with Crippen LogP contribution >= 0.6 is 11.6 Å². The summed E-state index contributed by atoms with van der Waals surface area (Å²) in [5.74, 6) is -0.997. The van der Waals surface area contributed by atoms with Crippen LogP contribution in [0.5, 0.6) is 0 Å². The quantitative estimate of drug-likeness (QED) is 0.863. The van der Waals surface area contributed by atoms with Gasteiger partial charge in [0.25, 0.3) is 0 Å². The van der Waals surface area contributed by atoms with Crippen molar-refractivity contribution in [1.82, 2.24) is 0 Å². The van der Waals surface area contributed by atoms with Crippen LogP contribution < -0.4 is 4.90 Å². The molecule has 0 aliphatic rings. The van der Waals surface area contributed by atoms with Gasteiger partial charge in [0.05, 0.1) is 10.7 Å². The predicted molar refractivity (Wildman–Crippen MR) is 62.0 cm³/mol. The van der Waals surface area contributed by atoms with Crippen molar-refractivity contribution in [3.05, 3.63) is 28.8 Å². The van der Waals surface area contributed by atoms with Crippen LogP contribution in [-0.2, 0) is 0 Å². The summed E-state index contributed by atoms with van der Waals surface area (Å²) in [6, 6.07) is 5.32. The lowest BCUT2D eigenvalue weighted by molar-refractivity contribution is 0.0697. The average molecular weight is 228 g/mol. The molecule has 0 saturated heterocycles. The topological polar surface area (TPSA) is 40.5 Å². The Bertz CT molecular complexity index is 377. The van der Waals surface area contributed by atoms with Gasteiger partial charge in [-0.25, -0.2) is 4.79 Å². The van der Waals surface area contributed by atoms with Crippen LogP contribution in [0.1, 0.15) is 24.2 Å². The molecule has 0 atom stereocenters. The third-order valence-corrected chi connectivity index (χ3v) is 2.68. The Kier molecular flexibility index (Phi) is 3.58. The van der Waals surface area contributed by atoms with Gasteiger partial charge in [0, 0.05) is 13.1 Å². The van der Waals surface area contributed by atoms with E-state index in [9.17, 15) is 4.79 Å². The Balaban J connectivity index is 3.29. The first-order valence-electron chi connectivity index (χ1n) is 4.69. The van der Waals surface area contributed by atoms with E-state index in [1.807, 2.05) is 25.8 Å². The average Bonchev–Trinajstić information content (AvgIpc) is 2.15. The molecule has 0 radical (unpaired) electrons. The molecule has 3 nitrogen and oxygen atoms in total. The zero-order valence-electron chi connectivity index (χ0n) is 8.99. The minimum atomic E-state index is -0.997. The SMILES string of the molecule is CC(C)N(C)c1cccc(Cl)c1C(=O)O. The summed E-state index contributed by atoms with van der Waals surface area (Å²) >= 11 is 5.87. The van der Waals surface area contributed by atoms with Crippen molar-refractivity contribution in [3.8, 4) is 0 Å². The molecule has 0 aromatic heterocycles. The van der Waals surface area contributed by atoms with Gasteiger partial charge in [0.15, 0.2) is 0 Å². The van der Waals surface area contributed by atoms with Crippen LogP contribution in [0.3, 0.4) is 0 Å². The normalized spacial score (nSPS) is 10.5. The number of anilines is 1. The Morgan fingerprint density at radius 3 is 2.53 bits per heavy atom. The number of carbonyl (C=O) groups is 1. The van der Waals surface area contributed by atoms with Gasteiger partial charge in [-0.1, -0.05) is 17.7 Å². The number of aromatic carboxylic acids is 1. The summed E-state index contributed by atoms with van der Waals surface area (Å²) in [7, 11) is 1.85. The van der Waals surface area contributed by atoms with E-state index >= 15 is 0 Å². The second kappa shape index (κ2) is 4.53. The molecule has 0 fully saturated rings. The molecule has 0 spiro atoms. The summed E-state index contributed by atoms with van der Waals surface area (Å²) in [4.78, 5) is 12.9. The Hall–Kier alpha value is -1.22. The summed E-state index contributed by atoms with van der Waals surface area (Å²) < 4.78 is 0. The van der Waals surface area contributed by atoms with Crippen molar-refractivity contribution in [1.29, 1.82) is 0 Å². The lowest BCUT2D eigenvalue weighted by Crippen LogP contribution is -2.27. The van der Waals surface area contributed by atoms with Crippen LogP contribution in [0.2, 0.25) is 5.02 Å². The van der Waals surface area contributed by atoms with Gasteiger partial charge in [-0.2, -0.15) is 0 Å². The summed E-state index contributed by atoms with van der Waals surface area (Å²) in [5, 5.41) is 9.34. The first-order valence-corrected chi connectivity index (χ1v) is 5.07. The summed E-state index contributed by atoms with van der Waals surface area (Å²) in [6.07, 6.45) is 0. The Labute approximate surface area is 94.3 Å². The molecule has 0 unspecified atom stereocenters. The van der Waals surface area contributed by atoms with Crippen molar-refractivity contribution in [3.63, 3.8) is 0 Å². The van der Waals surface area contributed by atoms with Crippen LogP contribution in [0.25, 0.3) is 0 Å². The van der Waals surface area contributed by atoms with E-state index in [0.29, 0.717) is 5.69 Å². The summed E-state index contributed by atoms with van der Waals surface area (Å²) in [5.41, 5.74) is 0.806. The molecule has 1 aromatic rings. The molecular weight excluding hydrogens is 214 g/mol. The van der Waals surface area contributed by atoms with Crippen molar-refractivity contribution in [2.75, 3.05) is 11.9 Å². The van der Waals surface area contributed by atoms with E-state index in [2.05, 4.69) is 0 Å². The van der Waals surface area contributed by atoms with Gasteiger partial charge in [0.2, 0.25) is 0 Å². The minimum absolute atomic E-state index is 0.162. The zero-order chi connectivity index (χ0) is 11.6. The number of benzene rings is 1. The van der Waals surface area contributed by atoms with E-state index in [1.54, 1.807) is 18.2 Å². The fourth-order valence-corrected chi connectivity index (χ4v) is 1.55. The molecule has 1 aromatic carbocycles. The number of nitrogens with zero attached hydrogens (tertiary/aromatic N) is 1. The molecule has 0 heterocycles. The third kappa shape index (κ3) is 2.42. The van der Waals surface area contributed by atoms with E-state index in [-0.39, 0.29) is 16.6 Å². The maximum Gasteiger partial charge on any atom is 0.339 e. The number of carboxylic acid groups (broad SMARTS) is 1. The monoisotopic (exact) mass is 227 g/mol. The van der Waals surface area contributed by atoms with E-state index in [1.165, 1.54) is 0 Å². The van der Waals surface area contributed by atoms with E-state index < -0.39 is 5.97 Å². The van der Waals surface area contributed by atoms with Crippen LogP contribution in [-0.4, -0.2) is 24.2 Å². The van der Waals surface area contributed by atoms with Crippen LogP contribution in [0.4, 0.5) is 5.69 Å². The zero-order valence-corrected chi connectivity index (χ0v) is 9.75. The maximum absolute atomic E-state index is 11.1. The first-order chi connectivity index (χ1) is 6.95. The number of hydrogen-bond acceptors (Lipinski definition) is 2. The van der Waals surface area contributed by atoms with Gasteiger partial charge in [0.1, 0.15) is 5.56 Å². The molecule has 0 bridgehead atoms. The number of halogens is 1. The van der Waals surface area contributed by atoms with Gasteiger partial charge in [-0.15, -0.1) is 0 Å². The molecule has 0 aliphatic carbocycles. The van der Waals surface area contributed by atoms with Gasteiger partial charge in [-0.3, -0.25) is 0 Å². The molecule has 15 heavy (non-hydrogen) atoms. The van der Waals surface area contributed by atoms with Crippen molar-refractivity contribution >= 4 is 23.3 Å². The smallest absolute Gasteiger partial charge is 0.339 e. The second-order valence-electron chi connectivity index (χ2n) is 3.64. The number of rotatable bonds is 3. The molecular formula is C11H14ClNO2. The molecule has 0 saturated carbocycles. The Morgan fingerprint density at radius 2 is 2.07 bits per heavy atom. The number of carboxylic acids is 1. The highest BCUT2D eigenvalue weighted by molar-refractivity contribution is 6.34. The number of hydrogen-bond donors (Lipinski definition) is 1. The first kappa shape index (κ1) is 11.9. The molecule has 0 aliphatic heterocycles. The lowest BCUT2D eigenvalue weighted by atomic mass is 10.1. The predicted octanol–water partition coefficient (Wildman–Crippen LogP) is 2.88. The standard InChI is InChI=1S/C11H14ClNO2/c1-7(2)13(3)9-6-4-5-8(12)10(9)11(14)15/h4-7H,1-3H3,(H,14,15). The van der Waals surface area contributed by atoms with Crippen LogP contribution in [0, 0.1) is 0 Å². The molecule has 0 amide bonds. The molecule has 1 rings (SSSR count). The molecule has 4 heteroatoms. The fraction of sp³-hybridized carbons (Fsp3) is 0.364. The maximum atomic E-state index is 11.1. The van der Waals surface area contributed by atoms with Gasteiger partial charge < -0.3 is 10.0 Å². The van der Waals surface area contributed by atoms with Crippen LogP contribution in [0.15, 0.2) is 18.2 Å². The van der Waals surface area contributed by atoms with E-state index in [4.69, 9.17) is 16.7 Å². The van der Waals surface area contributed by atoms with Gasteiger partial charge in [-0.05, 0) is 26.0 Å². The third-order valence-electron chi connectivity index (χ3n) is 2.36. The lowest BCUT2D eigenvalue weighted by Gasteiger charge is -2.25. The Morgan fingerprint density at radius 1 is 1.47 bits per heavy atom. The van der Waals surface area contributed by atoms with E-state index in [0.717, 1.165) is 0 Å². The highest BCUT2D eigenvalue weighted by atomic mass is 35.5. The largest absolute Gasteiger partial charge is 0.478 e. The fourth-order valence-electron chi connectivity index (χ4n) is 1.30. The van der Waals surface area contributed by atoms with Crippen molar-refractivity contribution in [2.24, 2.45) is 0 Å². The molecule has 82 valence electrons. The minimum Gasteiger partial charge on any atom is -0.478 e. The van der Waals surface area contributed by atoms with Gasteiger partial charge >= 0.3 is 5.97 Å². The molecule has 1 N–H and O–H groups in total. The second-order valence-corrected chi connectivity index (χ2v) is 4.05. The van der Waals surface area contributed by atoms with Crippen molar-refractivity contribution in [2.45, 2.75) is 19.9 Å².